The van der Waals surface area contributed by atoms with Gasteiger partial charge in [0.1, 0.15) is 0 Å². The topological polar surface area (TPSA) is 74.6 Å². The first kappa shape index (κ1) is 17.4. The SMILES string of the molecule is FB(F)F.O=S(=O)(O)O.[Li][CH3]. The van der Waals surface area contributed by atoms with Gasteiger partial charge in [0.25, 0.3) is 0 Å². The van der Waals surface area contributed by atoms with Crippen molar-refractivity contribution in [2.75, 3.05) is 0 Å². The van der Waals surface area contributed by atoms with E-state index in [9.17, 15) is 12.9 Å². The minimum atomic E-state index is -4.67. The van der Waals surface area contributed by atoms with E-state index in [1.165, 1.54) is 0 Å². The number of hydrogen-bond donors (Lipinski definition) is 2. The summed E-state index contributed by atoms with van der Waals surface area (Å²) in [5, 5.41) is 0. The molecule has 4 nitrogen and oxygen atoms in total. The molecule has 0 rings (SSSR count). The van der Waals surface area contributed by atoms with Gasteiger partial charge < -0.3 is 0 Å². The van der Waals surface area contributed by atoms with Gasteiger partial charge in [0.2, 0.25) is 0 Å². The van der Waals surface area contributed by atoms with Gasteiger partial charge in [-0.3, -0.25) is 22.1 Å². The van der Waals surface area contributed by atoms with Crippen molar-refractivity contribution >= 4 is 35.7 Å². The van der Waals surface area contributed by atoms with Crippen LogP contribution in [-0.4, -0.2) is 42.8 Å². The molecule has 0 aromatic carbocycles. The standard InChI is InChI=1S/CH3.BF3.Li.H2O4S/c;2-1(3)4;;1-5(2,3)4/h1H3;;;(H2,1,2,3,4). The normalized spacial score (nSPS) is 8.36. The Morgan fingerprint density at radius 1 is 1.18 bits per heavy atom. The van der Waals surface area contributed by atoms with Crippen LogP contribution in [0.1, 0.15) is 0 Å². The van der Waals surface area contributed by atoms with Crippen LogP contribution in [0.5, 0.6) is 0 Å². The molecule has 0 saturated carbocycles. The zero-order valence-electron chi connectivity index (χ0n) is 5.83. The average molecular weight is 188 g/mol. The molecule has 0 spiro atoms. The number of halogens is 3. The van der Waals surface area contributed by atoms with Crippen molar-refractivity contribution in [1.29, 1.82) is 0 Å². The summed E-state index contributed by atoms with van der Waals surface area (Å²) < 4.78 is 60.6. The molecule has 0 aromatic heterocycles. The van der Waals surface area contributed by atoms with Crippen LogP contribution in [0.15, 0.2) is 0 Å². The summed E-state index contributed by atoms with van der Waals surface area (Å²) >= 11 is 2.00. The maximum atomic E-state index is 9.67. The third-order valence-corrected chi connectivity index (χ3v) is 0. The van der Waals surface area contributed by atoms with Gasteiger partial charge in [-0.25, -0.2) is 0 Å². The first-order chi connectivity index (χ1) is 4.73. The molecule has 0 aromatic rings. The fraction of sp³-hybridized carbons (Fsp3) is 1.00. The molecule has 0 unspecified atom stereocenters. The van der Waals surface area contributed by atoms with Gasteiger partial charge in [0.05, 0.1) is 0 Å². The van der Waals surface area contributed by atoms with E-state index in [2.05, 4.69) is 0 Å². The van der Waals surface area contributed by atoms with E-state index in [-0.39, 0.29) is 0 Å². The molecule has 10 heteroatoms. The summed E-state index contributed by atoms with van der Waals surface area (Å²) in [5.74, 6) is 0. The Bertz CT molecular complexity index is 137. The van der Waals surface area contributed by atoms with Gasteiger partial charge in [0, 0.05) is 0 Å². The summed E-state index contributed by atoms with van der Waals surface area (Å²) in [5.41, 5.74) is 2.00. The fourth-order valence-corrected chi connectivity index (χ4v) is 0. The first-order valence-corrected chi connectivity index (χ1v) is 3.75. The quantitative estimate of drug-likeness (QED) is 0.426. The van der Waals surface area contributed by atoms with Crippen LogP contribution in [0.25, 0.3) is 0 Å². The summed E-state index contributed by atoms with van der Waals surface area (Å²) in [6.45, 7) is 0. The van der Waals surface area contributed by atoms with Crippen molar-refractivity contribution in [3.05, 3.63) is 0 Å². The molecule has 64 valence electrons. The Kier molecular flexibility index (Phi) is 16.3. The Morgan fingerprint density at radius 2 is 1.18 bits per heavy atom. The molecule has 0 fully saturated rings. The monoisotopic (exact) mass is 188 g/mol. The molecule has 0 saturated heterocycles. The molecular weight excluding hydrogens is 183 g/mol. The summed E-state index contributed by atoms with van der Waals surface area (Å²) in [7, 11) is -8.33. The predicted molar refractivity (Wildman–Crippen MR) is 34.9 cm³/mol. The van der Waals surface area contributed by atoms with E-state index in [4.69, 9.17) is 17.5 Å². The second-order valence-electron chi connectivity index (χ2n) is 0.695. The van der Waals surface area contributed by atoms with Crippen LogP contribution in [0.3, 0.4) is 0 Å². The summed E-state index contributed by atoms with van der Waals surface area (Å²) in [4.78, 5) is 0. The van der Waals surface area contributed by atoms with E-state index in [0.29, 0.717) is 0 Å². The van der Waals surface area contributed by atoms with Crippen molar-refractivity contribution in [1.82, 2.24) is 0 Å². The maximum absolute atomic E-state index is 9.67. The van der Waals surface area contributed by atoms with Gasteiger partial charge in [-0.1, -0.05) is 0 Å². The Morgan fingerprint density at radius 3 is 1.18 bits per heavy atom. The number of hydrogen-bond acceptors (Lipinski definition) is 2. The Balaban J connectivity index is -0.0000000965. The molecule has 0 radical (unpaired) electrons. The zero-order valence-corrected chi connectivity index (χ0v) is 6.65. The van der Waals surface area contributed by atoms with Crippen LogP contribution in [0.4, 0.5) is 12.9 Å². The van der Waals surface area contributed by atoms with Crippen LogP contribution < -0.4 is 0 Å². The van der Waals surface area contributed by atoms with Gasteiger partial charge in [-0.15, -0.1) is 0 Å². The van der Waals surface area contributed by atoms with Crippen molar-refractivity contribution in [2.24, 2.45) is 0 Å². The van der Waals surface area contributed by atoms with Crippen LogP contribution in [-0.2, 0) is 10.4 Å². The second kappa shape index (κ2) is 10.3. The molecule has 0 atom stereocenters. The molecule has 11 heavy (non-hydrogen) atoms. The Hall–Kier alpha value is 0.322. The molecular formula is CH5BF3LiO4S. The van der Waals surface area contributed by atoms with E-state index in [1.54, 1.807) is 0 Å². The molecule has 0 aliphatic rings. The predicted octanol–water partition coefficient (Wildman–Crippen LogP) is 0.430. The van der Waals surface area contributed by atoms with E-state index < -0.39 is 17.9 Å². The summed E-state index contributed by atoms with van der Waals surface area (Å²) in [6.07, 6.45) is 0. The third kappa shape index (κ3) is 6880. The Labute approximate surface area is 72.2 Å². The third-order valence-electron chi connectivity index (χ3n) is 0. The van der Waals surface area contributed by atoms with Gasteiger partial charge in [0.15, 0.2) is 0 Å². The van der Waals surface area contributed by atoms with E-state index in [0.717, 1.165) is 0 Å². The van der Waals surface area contributed by atoms with Crippen LogP contribution >= 0.6 is 0 Å². The average Bonchev–Trinajstić information content (AvgIpc) is 1.63. The first-order valence-electron chi connectivity index (χ1n) is 2.35. The molecule has 0 aliphatic heterocycles. The van der Waals surface area contributed by atoms with Crippen molar-refractivity contribution < 1.29 is 30.5 Å². The number of rotatable bonds is 0. The van der Waals surface area contributed by atoms with Gasteiger partial charge >= 0.3 is 41.3 Å². The fourth-order valence-electron chi connectivity index (χ4n) is 0. The van der Waals surface area contributed by atoms with Gasteiger partial charge in [-0.05, 0) is 0 Å². The second-order valence-corrected chi connectivity index (χ2v) is 1.59. The van der Waals surface area contributed by atoms with Crippen LogP contribution in [0.2, 0.25) is 5.60 Å². The summed E-state index contributed by atoms with van der Waals surface area (Å²) in [6, 6.07) is 0. The van der Waals surface area contributed by atoms with Crippen LogP contribution in [0, 0.1) is 0 Å². The minimum absolute atomic E-state index is 2.00. The zero-order chi connectivity index (χ0) is 10.1. The van der Waals surface area contributed by atoms with Crippen molar-refractivity contribution in [2.45, 2.75) is 5.60 Å². The van der Waals surface area contributed by atoms with Crippen molar-refractivity contribution in [3.8, 4) is 0 Å². The molecule has 0 amide bonds. The van der Waals surface area contributed by atoms with E-state index >= 15 is 0 Å². The van der Waals surface area contributed by atoms with E-state index in [1.807, 2.05) is 23.3 Å². The molecule has 0 bridgehead atoms. The molecule has 2 N–H and O–H groups in total. The molecule has 0 heterocycles. The molecule has 0 aliphatic carbocycles. The van der Waals surface area contributed by atoms with Crippen molar-refractivity contribution in [3.63, 3.8) is 0 Å². The van der Waals surface area contributed by atoms with Gasteiger partial charge in [-0.2, -0.15) is 8.42 Å².